The Kier molecular flexibility index (Phi) is 5.55. The van der Waals surface area contributed by atoms with Crippen molar-refractivity contribution in [2.24, 2.45) is 5.73 Å². The number of methoxy groups -OCH3 is 1. The highest BCUT2D eigenvalue weighted by atomic mass is 35.5. The molecule has 0 fully saturated rings. The second-order valence-electron chi connectivity index (χ2n) is 3.80. The van der Waals surface area contributed by atoms with E-state index >= 15 is 0 Å². The summed E-state index contributed by atoms with van der Waals surface area (Å²) in [5, 5.41) is -0.0543. The number of benzene rings is 1. The van der Waals surface area contributed by atoms with E-state index in [4.69, 9.17) is 22.1 Å². The maximum Gasteiger partial charge on any atom is 0.164 e. The third kappa shape index (κ3) is 4.42. The average Bonchev–Trinajstić information content (AvgIpc) is 2.30. The molecule has 0 aromatic heterocycles. The van der Waals surface area contributed by atoms with Crippen molar-refractivity contribution in [3.8, 4) is 0 Å². The summed E-state index contributed by atoms with van der Waals surface area (Å²) >= 11 is 5.60. The number of nitrogens with two attached hydrogens (primary N) is 1. The molecule has 0 saturated carbocycles. The minimum Gasteiger partial charge on any atom is -0.385 e. The van der Waals surface area contributed by atoms with Crippen LogP contribution in [-0.2, 0) is 4.74 Å². The van der Waals surface area contributed by atoms with E-state index in [1.807, 2.05) is 0 Å². The first-order valence-corrected chi connectivity index (χ1v) is 5.65. The summed E-state index contributed by atoms with van der Waals surface area (Å²) in [6.07, 6.45) is 0.808. The first-order chi connectivity index (χ1) is 8.04. The predicted molar refractivity (Wildman–Crippen MR) is 64.8 cm³/mol. The van der Waals surface area contributed by atoms with Crippen molar-refractivity contribution < 1.29 is 13.9 Å². The van der Waals surface area contributed by atoms with Crippen LogP contribution >= 0.6 is 11.6 Å². The molecule has 3 nitrogen and oxygen atoms in total. The Hall–Kier alpha value is -0.970. The van der Waals surface area contributed by atoms with Crippen LogP contribution in [0.2, 0.25) is 5.02 Å². The molecule has 0 radical (unpaired) electrons. The molecule has 5 heteroatoms. The lowest BCUT2D eigenvalue weighted by molar-refractivity contribution is 0.0967. The van der Waals surface area contributed by atoms with Crippen molar-refractivity contribution in [1.29, 1.82) is 0 Å². The molecule has 94 valence electrons. The predicted octanol–water partition coefficient (Wildman–Crippen LogP) is 2.42. The van der Waals surface area contributed by atoms with Gasteiger partial charge >= 0.3 is 0 Å². The van der Waals surface area contributed by atoms with E-state index in [0.717, 1.165) is 0 Å². The van der Waals surface area contributed by atoms with E-state index < -0.39 is 5.82 Å². The number of hydrogen-bond acceptors (Lipinski definition) is 3. The summed E-state index contributed by atoms with van der Waals surface area (Å²) < 4.78 is 17.8. The largest absolute Gasteiger partial charge is 0.385 e. The van der Waals surface area contributed by atoms with Crippen molar-refractivity contribution in [3.05, 3.63) is 34.6 Å². The Labute approximate surface area is 105 Å². The lowest BCUT2D eigenvalue weighted by Crippen LogP contribution is -2.25. The van der Waals surface area contributed by atoms with Crippen molar-refractivity contribution in [2.45, 2.75) is 18.9 Å². The van der Waals surface area contributed by atoms with Gasteiger partial charge in [0.25, 0.3) is 0 Å². The molecule has 0 bridgehead atoms. The molecule has 1 rings (SSSR count). The minimum atomic E-state index is -0.535. The van der Waals surface area contributed by atoms with Gasteiger partial charge in [0.1, 0.15) is 5.82 Å². The monoisotopic (exact) mass is 259 g/mol. The van der Waals surface area contributed by atoms with Crippen LogP contribution in [0.5, 0.6) is 0 Å². The summed E-state index contributed by atoms with van der Waals surface area (Å²) in [5.74, 6) is -0.678. The van der Waals surface area contributed by atoms with Crippen LogP contribution in [0.25, 0.3) is 0 Å². The first kappa shape index (κ1) is 14.1. The van der Waals surface area contributed by atoms with Gasteiger partial charge in [0.2, 0.25) is 0 Å². The van der Waals surface area contributed by atoms with Gasteiger partial charge in [-0.05, 0) is 24.6 Å². The highest BCUT2D eigenvalue weighted by molar-refractivity contribution is 6.31. The fraction of sp³-hybridized carbons (Fsp3) is 0.417. The van der Waals surface area contributed by atoms with E-state index in [1.165, 1.54) is 18.2 Å². The molecule has 2 N–H and O–H groups in total. The van der Waals surface area contributed by atoms with Crippen LogP contribution in [0.15, 0.2) is 18.2 Å². The summed E-state index contributed by atoms with van der Waals surface area (Å²) in [5.41, 5.74) is 6.14. The molecule has 1 aromatic rings. The van der Waals surface area contributed by atoms with Gasteiger partial charge < -0.3 is 10.5 Å². The Morgan fingerprint density at radius 1 is 1.59 bits per heavy atom. The van der Waals surface area contributed by atoms with Gasteiger partial charge in [0.15, 0.2) is 5.78 Å². The summed E-state index contributed by atoms with van der Waals surface area (Å²) in [6.45, 7) is 0.513. The van der Waals surface area contributed by atoms with Gasteiger partial charge in [-0.15, -0.1) is 0 Å². The van der Waals surface area contributed by atoms with Gasteiger partial charge in [0, 0.05) is 31.7 Å². The SMILES string of the molecule is COCCC(N)CC(=O)c1ccc(F)c(Cl)c1. The zero-order chi connectivity index (χ0) is 12.8. The van der Waals surface area contributed by atoms with E-state index in [2.05, 4.69) is 0 Å². The maximum absolute atomic E-state index is 12.9. The lowest BCUT2D eigenvalue weighted by atomic mass is 10.0. The number of carbonyl (C=O) groups is 1. The molecule has 1 aromatic carbocycles. The topological polar surface area (TPSA) is 52.3 Å². The van der Waals surface area contributed by atoms with Crippen LogP contribution in [0.4, 0.5) is 4.39 Å². The Morgan fingerprint density at radius 3 is 2.88 bits per heavy atom. The molecular formula is C12H15ClFNO2. The Balaban J connectivity index is 2.60. The quantitative estimate of drug-likeness (QED) is 0.799. The second kappa shape index (κ2) is 6.69. The van der Waals surface area contributed by atoms with Gasteiger partial charge in [0.05, 0.1) is 5.02 Å². The third-order valence-corrected chi connectivity index (χ3v) is 2.67. The van der Waals surface area contributed by atoms with E-state index in [-0.39, 0.29) is 23.3 Å². The van der Waals surface area contributed by atoms with E-state index in [9.17, 15) is 9.18 Å². The standard InChI is InChI=1S/C12H15ClFNO2/c1-17-5-4-9(15)7-12(16)8-2-3-11(14)10(13)6-8/h2-3,6,9H,4-5,7,15H2,1H3. The van der Waals surface area contributed by atoms with Crippen LogP contribution in [0.3, 0.4) is 0 Å². The fourth-order valence-corrected chi connectivity index (χ4v) is 1.58. The van der Waals surface area contributed by atoms with Gasteiger partial charge in [-0.1, -0.05) is 11.6 Å². The second-order valence-corrected chi connectivity index (χ2v) is 4.20. The van der Waals surface area contributed by atoms with Crippen LogP contribution in [-0.4, -0.2) is 25.5 Å². The fourth-order valence-electron chi connectivity index (χ4n) is 1.40. The number of carbonyl (C=O) groups excluding carboxylic acids is 1. The van der Waals surface area contributed by atoms with Crippen molar-refractivity contribution in [3.63, 3.8) is 0 Å². The molecule has 0 saturated heterocycles. The number of ether oxygens (including phenoxy) is 1. The van der Waals surface area contributed by atoms with Crippen molar-refractivity contribution in [2.75, 3.05) is 13.7 Å². The van der Waals surface area contributed by atoms with Crippen molar-refractivity contribution in [1.82, 2.24) is 0 Å². The Morgan fingerprint density at radius 2 is 2.29 bits per heavy atom. The van der Waals surface area contributed by atoms with Gasteiger partial charge in [-0.25, -0.2) is 4.39 Å². The molecule has 17 heavy (non-hydrogen) atoms. The molecule has 0 amide bonds. The molecule has 0 aliphatic rings. The molecule has 0 aliphatic carbocycles. The van der Waals surface area contributed by atoms with Crippen LogP contribution in [0.1, 0.15) is 23.2 Å². The number of ketones is 1. The highest BCUT2D eigenvalue weighted by Crippen LogP contribution is 2.17. The van der Waals surface area contributed by atoms with E-state index in [1.54, 1.807) is 7.11 Å². The van der Waals surface area contributed by atoms with Gasteiger partial charge in [-0.2, -0.15) is 0 Å². The first-order valence-electron chi connectivity index (χ1n) is 5.27. The molecule has 1 unspecified atom stereocenters. The summed E-state index contributed by atoms with van der Waals surface area (Å²) in [6, 6.07) is 3.65. The number of Topliss-reactive ketones (excluding diaryl/α,β-unsaturated/α-hetero) is 1. The highest BCUT2D eigenvalue weighted by Gasteiger charge is 2.13. The smallest absolute Gasteiger partial charge is 0.164 e. The van der Waals surface area contributed by atoms with Gasteiger partial charge in [-0.3, -0.25) is 4.79 Å². The van der Waals surface area contributed by atoms with Crippen LogP contribution < -0.4 is 5.73 Å². The Bertz CT molecular complexity index is 398. The number of rotatable bonds is 6. The third-order valence-electron chi connectivity index (χ3n) is 2.38. The maximum atomic E-state index is 12.9. The molecule has 1 atom stereocenters. The normalized spacial score (nSPS) is 12.5. The zero-order valence-electron chi connectivity index (χ0n) is 9.58. The van der Waals surface area contributed by atoms with Crippen molar-refractivity contribution >= 4 is 17.4 Å². The molecule has 0 heterocycles. The molecule has 0 aliphatic heterocycles. The molecule has 0 spiro atoms. The summed E-state index contributed by atoms with van der Waals surface area (Å²) in [4.78, 5) is 11.8. The van der Waals surface area contributed by atoms with E-state index in [0.29, 0.717) is 18.6 Å². The summed E-state index contributed by atoms with van der Waals surface area (Å²) in [7, 11) is 1.58. The molecular weight excluding hydrogens is 245 g/mol. The number of halogens is 2. The number of hydrogen-bond donors (Lipinski definition) is 1. The minimum absolute atomic E-state index is 0.0543. The lowest BCUT2D eigenvalue weighted by Gasteiger charge is -2.10. The zero-order valence-corrected chi connectivity index (χ0v) is 10.3. The van der Waals surface area contributed by atoms with Crippen LogP contribution in [0, 0.1) is 5.82 Å². The average molecular weight is 260 g/mol.